The molecule has 1 aliphatic rings. The van der Waals surface area contributed by atoms with E-state index in [1.807, 2.05) is 0 Å². The molecular weight excluding hydrogens is 242 g/mol. The molecule has 2 atom stereocenters. The molecule has 0 aromatic carbocycles. The molecule has 1 saturated carbocycles. The fraction of sp³-hybridized carbons (Fsp3) is 0.933. The minimum absolute atomic E-state index is 0.166. The minimum atomic E-state index is -0.183. The monoisotopic (exact) mass is 271 g/mol. The molecule has 0 aromatic heterocycles. The lowest BCUT2D eigenvalue weighted by atomic mass is 9.64. The first-order valence-corrected chi connectivity index (χ1v) is 7.25. The Kier molecular flexibility index (Phi) is 5.81. The van der Waals surface area contributed by atoms with E-state index in [1.54, 1.807) is 0 Å². The van der Waals surface area contributed by atoms with E-state index in [2.05, 4.69) is 30.8 Å². The molecule has 4 heteroatoms. The Hall–Kier alpha value is -0.610. The van der Waals surface area contributed by atoms with Crippen LogP contribution in [-0.2, 0) is 9.53 Å². The van der Waals surface area contributed by atoms with Gasteiger partial charge in [-0.1, -0.05) is 20.8 Å². The van der Waals surface area contributed by atoms with Crippen LogP contribution in [0.15, 0.2) is 0 Å². The molecule has 1 rings (SSSR count). The number of methoxy groups -OCH3 is 1. The van der Waals surface area contributed by atoms with Crippen molar-refractivity contribution in [2.45, 2.75) is 58.4 Å². The molecule has 0 bridgehead atoms. The van der Waals surface area contributed by atoms with Gasteiger partial charge < -0.3 is 15.2 Å². The Morgan fingerprint density at radius 3 is 2.63 bits per heavy atom. The van der Waals surface area contributed by atoms with Crippen LogP contribution in [0.5, 0.6) is 0 Å². The SMILES string of the molecule is COC(=O)CCCNC1(CO)CC(C)CC(C)(C)C1. The normalized spacial score (nSPS) is 30.1. The number of ether oxygens (including phenoxy) is 1. The fourth-order valence-corrected chi connectivity index (χ4v) is 3.74. The maximum Gasteiger partial charge on any atom is 0.305 e. The molecule has 1 fully saturated rings. The Morgan fingerprint density at radius 1 is 1.42 bits per heavy atom. The van der Waals surface area contributed by atoms with E-state index in [0.29, 0.717) is 12.3 Å². The molecule has 2 N–H and O–H groups in total. The van der Waals surface area contributed by atoms with Crippen molar-refractivity contribution in [2.24, 2.45) is 11.3 Å². The van der Waals surface area contributed by atoms with Crippen LogP contribution < -0.4 is 5.32 Å². The van der Waals surface area contributed by atoms with Gasteiger partial charge >= 0.3 is 5.97 Å². The van der Waals surface area contributed by atoms with Crippen LogP contribution in [0.25, 0.3) is 0 Å². The molecule has 0 radical (unpaired) electrons. The summed E-state index contributed by atoms with van der Waals surface area (Å²) in [7, 11) is 1.41. The quantitative estimate of drug-likeness (QED) is 0.574. The molecule has 0 amide bonds. The van der Waals surface area contributed by atoms with Crippen molar-refractivity contribution < 1.29 is 14.6 Å². The Balaban J connectivity index is 2.48. The van der Waals surface area contributed by atoms with Crippen LogP contribution in [0, 0.1) is 11.3 Å². The second kappa shape index (κ2) is 6.71. The first-order chi connectivity index (χ1) is 8.82. The van der Waals surface area contributed by atoms with E-state index in [0.717, 1.165) is 25.8 Å². The number of hydrogen-bond acceptors (Lipinski definition) is 4. The van der Waals surface area contributed by atoms with Gasteiger partial charge in [0.15, 0.2) is 0 Å². The summed E-state index contributed by atoms with van der Waals surface area (Å²) in [6.07, 6.45) is 4.38. The van der Waals surface area contributed by atoms with Gasteiger partial charge in [-0.15, -0.1) is 0 Å². The van der Waals surface area contributed by atoms with Crippen molar-refractivity contribution in [2.75, 3.05) is 20.3 Å². The topological polar surface area (TPSA) is 58.6 Å². The zero-order valence-corrected chi connectivity index (χ0v) is 12.8. The summed E-state index contributed by atoms with van der Waals surface area (Å²) in [5, 5.41) is 13.3. The molecule has 2 unspecified atom stereocenters. The van der Waals surface area contributed by atoms with Crippen LogP contribution in [-0.4, -0.2) is 36.9 Å². The van der Waals surface area contributed by atoms with Gasteiger partial charge in [0.25, 0.3) is 0 Å². The van der Waals surface area contributed by atoms with Gasteiger partial charge in [-0.2, -0.15) is 0 Å². The highest BCUT2D eigenvalue weighted by atomic mass is 16.5. The zero-order valence-electron chi connectivity index (χ0n) is 12.8. The van der Waals surface area contributed by atoms with E-state index in [9.17, 15) is 9.90 Å². The van der Waals surface area contributed by atoms with E-state index in [1.165, 1.54) is 13.5 Å². The third-order valence-electron chi connectivity index (χ3n) is 4.05. The van der Waals surface area contributed by atoms with Crippen molar-refractivity contribution in [3.8, 4) is 0 Å². The average Bonchev–Trinajstić information content (AvgIpc) is 2.32. The summed E-state index contributed by atoms with van der Waals surface area (Å²) < 4.78 is 4.63. The van der Waals surface area contributed by atoms with Gasteiger partial charge in [-0.25, -0.2) is 0 Å². The first-order valence-electron chi connectivity index (χ1n) is 7.25. The molecule has 4 nitrogen and oxygen atoms in total. The third kappa shape index (κ3) is 5.11. The summed E-state index contributed by atoms with van der Waals surface area (Å²) in [6.45, 7) is 7.70. The summed E-state index contributed by atoms with van der Waals surface area (Å²) in [5.41, 5.74) is 0.0764. The lowest BCUT2D eigenvalue weighted by Crippen LogP contribution is -2.55. The Labute approximate surface area is 116 Å². The van der Waals surface area contributed by atoms with E-state index >= 15 is 0 Å². The van der Waals surface area contributed by atoms with E-state index < -0.39 is 0 Å². The summed E-state index contributed by atoms with van der Waals surface area (Å²) in [6, 6.07) is 0. The lowest BCUT2D eigenvalue weighted by Gasteiger charge is -2.47. The summed E-state index contributed by atoms with van der Waals surface area (Å²) in [5.74, 6) is 0.446. The molecule has 0 aromatic rings. The molecule has 1 aliphatic carbocycles. The van der Waals surface area contributed by atoms with Gasteiger partial charge in [-0.3, -0.25) is 4.79 Å². The molecule has 19 heavy (non-hydrogen) atoms. The van der Waals surface area contributed by atoms with Gasteiger partial charge in [0.05, 0.1) is 13.7 Å². The number of aliphatic hydroxyl groups is 1. The number of esters is 1. The highest BCUT2D eigenvalue weighted by Gasteiger charge is 2.41. The van der Waals surface area contributed by atoms with Crippen LogP contribution in [0.3, 0.4) is 0 Å². The van der Waals surface area contributed by atoms with E-state index in [-0.39, 0.29) is 23.5 Å². The maximum atomic E-state index is 11.1. The molecule has 112 valence electrons. The molecular formula is C15H29NO3. The average molecular weight is 271 g/mol. The third-order valence-corrected chi connectivity index (χ3v) is 4.05. The predicted molar refractivity (Wildman–Crippen MR) is 75.9 cm³/mol. The number of rotatable bonds is 6. The van der Waals surface area contributed by atoms with Crippen LogP contribution >= 0.6 is 0 Å². The van der Waals surface area contributed by atoms with E-state index in [4.69, 9.17) is 0 Å². The van der Waals surface area contributed by atoms with Crippen molar-refractivity contribution in [3.63, 3.8) is 0 Å². The van der Waals surface area contributed by atoms with Crippen LogP contribution in [0.4, 0.5) is 0 Å². The molecule has 0 spiro atoms. The van der Waals surface area contributed by atoms with Crippen LogP contribution in [0.1, 0.15) is 52.9 Å². The van der Waals surface area contributed by atoms with Crippen molar-refractivity contribution in [1.82, 2.24) is 5.32 Å². The number of carbonyl (C=O) groups excluding carboxylic acids is 1. The number of aliphatic hydroxyl groups excluding tert-OH is 1. The lowest BCUT2D eigenvalue weighted by molar-refractivity contribution is -0.140. The first kappa shape index (κ1) is 16.4. The van der Waals surface area contributed by atoms with Crippen molar-refractivity contribution in [1.29, 1.82) is 0 Å². The van der Waals surface area contributed by atoms with Crippen molar-refractivity contribution >= 4 is 5.97 Å². The molecule has 0 saturated heterocycles. The second-order valence-corrected chi connectivity index (χ2v) is 6.90. The standard InChI is InChI=1S/C15H29NO3/c1-12-8-14(2,3)10-15(9-12,11-17)16-7-5-6-13(18)19-4/h12,16-17H,5-11H2,1-4H3. The maximum absolute atomic E-state index is 11.1. The largest absolute Gasteiger partial charge is 0.469 e. The Morgan fingerprint density at radius 2 is 2.11 bits per heavy atom. The minimum Gasteiger partial charge on any atom is -0.469 e. The molecule has 0 aliphatic heterocycles. The smallest absolute Gasteiger partial charge is 0.305 e. The highest BCUT2D eigenvalue weighted by Crippen LogP contribution is 2.43. The fourth-order valence-electron chi connectivity index (χ4n) is 3.74. The number of carbonyl (C=O) groups is 1. The van der Waals surface area contributed by atoms with Gasteiger partial charge in [0.1, 0.15) is 0 Å². The van der Waals surface area contributed by atoms with Gasteiger partial charge in [-0.05, 0) is 43.6 Å². The summed E-state index contributed by atoms with van der Waals surface area (Å²) >= 11 is 0. The van der Waals surface area contributed by atoms with Crippen molar-refractivity contribution in [3.05, 3.63) is 0 Å². The van der Waals surface area contributed by atoms with Crippen LogP contribution in [0.2, 0.25) is 0 Å². The second-order valence-electron chi connectivity index (χ2n) is 6.90. The van der Waals surface area contributed by atoms with Gasteiger partial charge in [0.2, 0.25) is 0 Å². The highest BCUT2D eigenvalue weighted by molar-refractivity contribution is 5.69. The summed E-state index contributed by atoms with van der Waals surface area (Å²) in [4.78, 5) is 11.1. The van der Waals surface area contributed by atoms with Gasteiger partial charge in [0, 0.05) is 12.0 Å². The number of hydrogen-bond donors (Lipinski definition) is 2. The Bertz CT molecular complexity index is 304. The molecule has 0 heterocycles. The number of nitrogens with one attached hydrogen (secondary N) is 1. The zero-order chi connectivity index (χ0) is 14.5. The predicted octanol–water partition coefficient (Wildman–Crippen LogP) is 2.11.